The Balaban J connectivity index is 1.51. The topological polar surface area (TPSA) is 18.5 Å². The molecule has 0 saturated heterocycles. The number of ether oxygens (including phenoxy) is 2. The fraction of sp³-hybridized carbons (Fsp3) is 0.0769. The molecular weight excluding hydrogens is 376 g/mol. The molecule has 0 aliphatic heterocycles. The van der Waals surface area contributed by atoms with Gasteiger partial charge in [0.1, 0.15) is 11.5 Å². The predicted molar refractivity (Wildman–Crippen MR) is 121 cm³/mol. The van der Waals surface area contributed by atoms with Crippen molar-refractivity contribution in [3.8, 4) is 33.8 Å². The van der Waals surface area contributed by atoms with E-state index in [1.165, 1.54) is 9.79 Å². The monoisotopic (exact) mass is 398 g/mol. The second-order valence-electron chi connectivity index (χ2n) is 6.55. The summed E-state index contributed by atoms with van der Waals surface area (Å²) in [5.74, 6) is 1.78. The Hall–Kier alpha value is -3.17. The highest BCUT2D eigenvalue weighted by Gasteiger charge is 2.07. The number of para-hydroxylation sites is 2. The van der Waals surface area contributed by atoms with Crippen molar-refractivity contribution in [3.63, 3.8) is 0 Å². The standard InChI is InChI=1S/C26H22O2S/c1-27-25-9-5-3-7-23(25)19-11-15-21(16-12-19)29-22-17-13-20(14-18-22)24-8-4-6-10-26(24)28-2/h3-18H,1-2H3. The van der Waals surface area contributed by atoms with Crippen LogP contribution in [0.3, 0.4) is 0 Å². The van der Waals surface area contributed by atoms with Crippen LogP contribution < -0.4 is 9.47 Å². The molecule has 3 heteroatoms. The first-order valence-electron chi connectivity index (χ1n) is 9.43. The maximum absolute atomic E-state index is 5.48. The molecule has 4 aromatic carbocycles. The molecule has 0 amide bonds. The molecule has 144 valence electrons. The quantitative estimate of drug-likeness (QED) is 0.342. The van der Waals surface area contributed by atoms with Crippen LogP contribution in [-0.2, 0) is 0 Å². The minimum atomic E-state index is 0.889. The molecule has 0 spiro atoms. The van der Waals surface area contributed by atoms with E-state index < -0.39 is 0 Å². The molecule has 4 aromatic rings. The van der Waals surface area contributed by atoms with E-state index in [4.69, 9.17) is 9.47 Å². The largest absolute Gasteiger partial charge is 0.496 e. The molecule has 0 fully saturated rings. The van der Waals surface area contributed by atoms with Crippen LogP contribution in [-0.4, -0.2) is 14.2 Å². The Bertz CT molecular complexity index is 997. The van der Waals surface area contributed by atoms with E-state index in [2.05, 4.69) is 60.7 Å². The van der Waals surface area contributed by atoms with Crippen molar-refractivity contribution in [3.05, 3.63) is 97.1 Å². The first-order chi connectivity index (χ1) is 14.3. The van der Waals surface area contributed by atoms with Gasteiger partial charge in [-0.25, -0.2) is 0 Å². The normalized spacial score (nSPS) is 10.6. The summed E-state index contributed by atoms with van der Waals surface area (Å²) < 4.78 is 11.0. The van der Waals surface area contributed by atoms with E-state index in [1.54, 1.807) is 26.0 Å². The lowest BCUT2D eigenvalue weighted by atomic mass is 10.0. The molecular formula is C26H22O2S. The van der Waals surface area contributed by atoms with Gasteiger partial charge in [0.15, 0.2) is 0 Å². The van der Waals surface area contributed by atoms with Gasteiger partial charge in [-0.15, -0.1) is 0 Å². The van der Waals surface area contributed by atoms with Crippen molar-refractivity contribution in [1.29, 1.82) is 0 Å². The molecule has 0 radical (unpaired) electrons. The smallest absolute Gasteiger partial charge is 0.126 e. The Kier molecular flexibility index (Phi) is 5.87. The van der Waals surface area contributed by atoms with Crippen molar-refractivity contribution in [2.24, 2.45) is 0 Å². The highest BCUT2D eigenvalue weighted by atomic mass is 32.2. The molecule has 0 atom stereocenters. The van der Waals surface area contributed by atoms with Gasteiger partial charge in [-0.3, -0.25) is 0 Å². The lowest BCUT2D eigenvalue weighted by Gasteiger charge is -2.10. The third-order valence-corrected chi connectivity index (χ3v) is 5.80. The van der Waals surface area contributed by atoms with Gasteiger partial charge in [0.25, 0.3) is 0 Å². The maximum Gasteiger partial charge on any atom is 0.126 e. The third-order valence-electron chi connectivity index (χ3n) is 4.78. The van der Waals surface area contributed by atoms with E-state index in [-0.39, 0.29) is 0 Å². The average Bonchev–Trinajstić information content (AvgIpc) is 2.80. The lowest BCUT2D eigenvalue weighted by Crippen LogP contribution is -1.87. The summed E-state index contributed by atoms with van der Waals surface area (Å²) in [6.45, 7) is 0. The summed E-state index contributed by atoms with van der Waals surface area (Å²) in [6.07, 6.45) is 0. The van der Waals surface area contributed by atoms with Gasteiger partial charge in [0.05, 0.1) is 14.2 Å². The Morgan fingerprint density at radius 3 is 1.24 bits per heavy atom. The van der Waals surface area contributed by atoms with Gasteiger partial charge in [-0.05, 0) is 47.5 Å². The number of hydrogen-bond donors (Lipinski definition) is 0. The van der Waals surface area contributed by atoms with E-state index >= 15 is 0 Å². The molecule has 0 aromatic heterocycles. The van der Waals surface area contributed by atoms with E-state index in [0.717, 1.165) is 33.8 Å². The van der Waals surface area contributed by atoms with Crippen LogP contribution in [0, 0.1) is 0 Å². The summed E-state index contributed by atoms with van der Waals surface area (Å²) in [5.41, 5.74) is 4.51. The molecule has 29 heavy (non-hydrogen) atoms. The molecule has 0 N–H and O–H groups in total. The van der Waals surface area contributed by atoms with Gasteiger partial charge >= 0.3 is 0 Å². The van der Waals surface area contributed by atoms with Gasteiger partial charge in [0.2, 0.25) is 0 Å². The van der Waals surface area contributed by atoms with Gasteiger partial charge in [-0.1, -0.05) is 72.4 Å². The summed E-state index contributed by atoms with van der Waals surface area (Å²) in [6, 6.07) is 33.4. The second-order valence-corrected chi connectivity index (χ2v) is 7.70. The minimum absolute atomic E-state index is 0.889. The zero-order valence-electron chi connectivity index (χ0n) is 16.5. The lowest BCUT2D eigenvalue weighted by molar-refractivity contribution is 0.416. The number of benzene rings is 4. The van der Waals surface area contributed by atoms with Crippen LogP contribution in [0.25, 0.3) is 22.3 Å². The van der Waals surface area contributed by atoms with Crippen molar-refractivity contribution < 1.29 is 9.47 Å². The summed E-state index contributed by atoms with van der Waals surface area (Å²) in [5, 5.41) is 0. The van der Waals surface area contributed by atoms with Crippen molar-refractivity contribution in [1.82, 2.24) is 0 Å². The molecule has 0 saturated carbocycles. The number of rotatable bonds is 6. The molecule has 0 unspecified atom stereocenters. The zero-order chi connectivity index (χ0) is 20.1. The van der Waals surface area contributed by atoms with Gasteiger partial charge < -0.3 is 9.47 Å². The Labute approximate surface area is 176 Å². The average molecular weight is 399 g/mol. The highest BCUT2D eigenvalue weighted by Crippen LogP contribution is 2.35. The maximum atomic E-state index is 5.48. The molecule has 0 aliphatic carbocycles. The second kappa shape index (κ2) is 8.89. The van der Waals surface area contributed by atoms with Gasteiger partial charge in [-0.2, -0.15) is 0 Å². The Morgan fingerprint density at radius 1 is 0.483 bits per heavy atom. The number of hydrogen-bond acceptors (Lipinski definition) is 3. The van der Waals surface area contributed by atoms with E-state index in [0.29, 0.717) is 0 Å². The molecule has 4 rings (SSSR count). The van der Waals surface area contributed by atoms with Crippen LogP contribution in [0.15, 0.2) is 107 Å². The van der Waals surface area contributed by atoms with Crippen molar-refractivity contribution >= 4 is 11.8 Å². The van der Waals surface area contributed by atoms with Gasteiger partial charge in [0, 0.05) is 20.9 Å². The predicted octanol–water partition coefficient (Wildman–Crippen LogP) is 7.19. The SMILES string of the molecule is COc1ccccc1-c1ccc(Sc2ccc(-c3ccccc3OC)cc2)cc1. The third kappa shape index (κ3) is 4.30. The number of methoxy groups -OCH3 is 2. The molecule has 0 bridgehead atoms. The first-order valence-corrected chi connectivity index (χ1v) is 10.2. The fourth-order valence-corrected chi connectivity index (χ4v) is 4.12. The van der Waals surface area contributed by atoms with Crippen LogP contribution in [0.2, 0.25) is 0 Å². The van der Waals surface area contributed by atoms with Crippen molar-refractivity contribution in [2.75, 3.05) is 14.2 Å². The van der Waals surface area contributed by atoms with Crippen molar-refractivity contribution in [2.45, 2.75) is 9.79 Å². The molecule has 0 aliphatic rings. The summed E-state index contributed by atoms with van der Waals surface area (Å²) in [4.78, 5) is 2.40. The molecule has 0 heterocycles. The van der Waals surface area contributed by atoms with Crippen LogP contribution in [0.4, 0.5) is 0 Å². The summed E-state index contributed by atoms with van der Waals surface area (Å²) >= 11 is 1.75. The zero-order valence-corrected chi connectivity index (χ0v) is 17.3. The highest BCUT2D eigenvalue weighted by molar-refractivity contribution is 7.99. The minimum Gasteiger partial charge on any atom is -0.496 e. The van der Waals surface area contributed by atoms with E-state index in [9.17, 15) is 0 Å². The summed E-state index contributed by atoms with van der Waals surface area (Å²) in [7, 11) is 3.41. The van der Waals surface area contributed by atoms with Crippen LogP contribution in [0.5, 0.6) is 11.5 Å². The molecule has 2 nitrogen and oxygen atoms in total. The first kappa shape index (κ1) is 19.2. The van der Waals surface area contributed by atoms with Crippen LogP contribution in [0.1, 0.15) is 0 Å². The fourth-order valence-electron chi connectivity index (χ4n) is 3.31. The van der Waals surface area contributed by atoms with E-state index in [1.807, 2.05) is 36.4 Å². The Morgan fingerprint density at radius 2 is 0.862 bits per heavy atom. The van der Waals surface area contributed by atoms with Crippen LogP contribution >= 0.6 is 11.8 Å².